The number of carbonyl (C=O) groups is 1. The van der Waals surface area contributed by atoms with Gasteiger partial charge in [-0.1, -0.05) is 58.5 Å². The van der Waals surface area contributed by atoms with E-state index in [1.54, 1.807) is 35.9 Å². The van der Waals surface area contributed by atoms with Gasteiger partial charge >= 0.3 is 5.97 Å². The van der Waals surface area contributed by atoms with Crippen LogP contribution in [0.15, 0.2) is 42.5 Å². The van der Waals surface area contributed by atoms with Gasteiger partial charge in [-0.25, -0.2) is 0 Å². The van der Waals surface area contributed by atoms with Gasteiger partial charge in [-0.15, -0.1) is 0 Å². The molecule has 0 saturated carbocycles. The van der Waals surface area contributed by atoms with Crippen molar-refractivity contribution < 1.29 is 9.53 Å². The molecule has 8 heteroatoms. The summed E-state index contributed by atoms with van der Waals surface area (Å²) in [6.07, 6.45) is 0.199. The van der Waals surface area contributed by atoms with E-state index < -0.39 is 0 Å². The molecule has 0 aliphatic rings. The molecule has 0 fully saturated rings. The Bertz CT molecular complexity index is 1020. The number of rotatable bonds is 6. The summed E-state index contributed by atoms with van der Waals surface area (Å²) in [6.45, 7) is 2.47. The summed E-state index contributed by atoms with van der Waals surface area (Å²) in [5.74, 6) is -0.283. The molecular weight excluding hydrogens is 442 g/mol. The summed E-state index contributed by atoms with van der Waals surface area (Å²) in [4.78, 5) is 11.8. The summed E-state index contributed by atoms with van der Waals surface area (Å²) in [5, 5.41) is 6.46. The molecule has 2 aromatic carbocycles. The standard InChI is InChI=1S/C20H16Cl4N2O2/c1-2-28-20(27)7-8-26-19(13-4-6-15(22)17(24)10-13)11-18(25-26)12-3-5-14(21)16(23)9-12/h3-6,9-11H,2,7-8H2,1H3. The molecule has 1 heterocycles. The maximum Gasteiger partial charge on any atom is 0.307 e. The molecule has 0 aliphatic heterocycles. The fourth-order valence-electron chi connectivity index (χ4n) is 2.70. The fraction of sp³-hybridized carbons (Fsp3) is 0.200. The average Bonchev–Trinajstić information content (AvgIpc) is 3.09. The average molecular weight is 458 g/mol. The lowest BCUT2D eigenvalue weighted by molar-refractivity contribution is -0.143. The topological polar surface area (TPSA) is 44.1 Å². The van der Waals surface area contributed by atoms with Crippen LogP contribution in [-0.2, 0) is 16.1 Å². The summed E-state index contributed by atoms with van der Waals surface area (Å²) < 4.78 is 6.76. The highest BCUT2D eigenvalue weighted by Crippen LogP contribution is 2.33. The molecule has 0 radical (unpaired) electrons. The van der Waals surface area contributed by atoms with Crippen LogP contribution < -0.4 is 0 Å². The number of ether oxygens (including phenoxy) is 1. The van der Waals surface area contributed by atoms with Gasteiger partial charge in [0.1, 0.15) is 0 Å². The van der Waals surface area contributed by atoms with E-state index in [9.17, 15) is 4.79 Å². The number of aryl methyl sites for hydroxylation is 1. The van der Waals surface area contributed by atoms with Gasteiger partial charge in [0, 0.05) is 11.1 Å². The Balaban J connectivity index is 2.01. The molecule has 0 amide bonds. The Labute approximate surface area is 182 Å². The summed E-state index contributed by atoms with van der Waals surface area (Å²) in [6, 6.07) is 12.6. The second-order valence-corrected chi connectivity index (χ2v) is 7.58. The van der Waals surface area contributed by atoms with Crippen LogP contribution in [0.1, 0.15) is 13.3 Å². The number of benzene rings is 2. The van der Waals surface area contributed by atoms with E-state index in [1.807, 2.05) is 18.2 Å². The van der Waals surface area contributed by atoms with Crippen molar-refractivity contribution in [2.75, 3.05) is 6.61 Å². The largest absolute Gasteiger partial charge is 0.466 e. The molecule has 28 heavy (non-hydrogen) atoms. The minimum atomic E-state index is -0.283. The Hall–Kier alpha value is -1.72. The predicted octanol–water partition coefficient (Wildman–Crippen LogP) is 6.78. The Morgan fingerprint density at radius 1 is 0.929 bits per heavy atom. The molecule has 4 nitrogen and oxygen atoms in total. The third-order valence-electron chi connectivity index (χ3n) is 4.04. The molecule has 3 aromatic rings. The first-order chi connectivity index (χ1) is 13.4. The lowest BCUT2D eigenvalue weighted by Crippen LogP contribution is -2.10. The van der Waals surface area contributed by atoms with Gasteiger partial charge in [0.15, 0.2) is 0 Å². The normalized spacial score (nSPS) is 10.9. The smallest absolute Gasteiger partial charge is 0.307 e. The first-order valence-electron chi connectivity index (χ1n) is 8.53. The Morgan fingerprint density at radius 3 is 2.14 bits per heavy atom. The molecule has 146 valence electrons. The minimum Gasteiger partial charge on any atom is -0.466 e. The highest BCUT2D eigenvalue weighted by Gasteiger charge is 2.15. The second-order valence-electron chi connectivity index (χ2n) is 5.95. The van der Waals surface area contributed by atoms with E-state index in [0.717, 1.165) is 16.8 Å². The molecule has 0 aliphatic carbocycles. The molecule has 0 atom stereocenters. The van der Waals surface area contributed by atoms with Crippen molar-refractivity contribution >= 4 is 52.4 Å². The van der Waals surface area contributed by atoms with Gasteiger partial charge in [-0.05, 0) is 37.3 Å². The summed E-state index contributed by atoms with van der Waals surface area (Å²) in [7, 11) is 0. The van der Waals surface area contributed by atoms with Crippen molar-refractivity contribution in [3.63, 3.8) is 0 Å². The van der Waals surface area contributed by atoms with Gasteiger partial charge in [0.25, 0.3) is 0 Å². The lowest BCUT2D eigenvalue weighted by Gasteiger charge is -2.08. The maximum atomic E-state index is 11.8. The van der Waals surface area contributed by atoms with Gasteiger partial charge in [-0.2, -0.15) is 5.10 Å². The quantitative estimate of drug-likeness (QED) is 0.383. The molecular formula is C20H16Cl4N2O2. The van der Waals surface area contributed by atoms with Crippen LogP contribution >= 0.6 is 46.4 Å². The van der Waals surface area contributed by atoms with Crippen molar-refractivity contribution in [1.82, 2.24) is 9.78 Å². The van der Waals surface area contributed by atoms with Crippen LogP contribution in [0.5, 0.6) is 0 Å². The zero-order valence-corrected chi connectivity index (χ0v) is 17.9. The van der Waals surface area contributed by atoms with Crippen LogP contribution in [0.25, 0.3) is 22.5 Å². The van der Waals surface area contributed by atoms with Gasteiger partial charge in [0.2, 0.25) is 0 Å². The third-order valence-corrected chi connectivity index (χ3v) is 5.52. The zero-order valence-electron chi connectivity index (χ0n) is 14.9. The number of esters is 1. The Kier molecular flexibility index (Phi) is 6.89. The molecule has 0 spiro atoms. The Morgan fingerprint density at radius 2 is 1.54 bits per heavy atom. The number of carbonyl (C=O) groups excluding carboxylic acids is 1. The monoisotopic (exact) mass is 456 g/mol. The van der Waals surface area contributed by atoms with Crippen molar-refractivity contribution in [3.8, 4) is 22.5 Å². The van der Waals surface area contributed by atoms with Gasteiger partial charge < -0.3 is 4.74 Å². The predicted molar refractivity (Wildman–Crippen MR) is 114 cm³/mol. The van der Waals surface area contributed by atoms with Crippen LogP contribution in [0.4, 0.5) is 0 Å². The van der Waals surface area contributed by atoms with Crippen molar-refractivity contribution in [2.24, 2.45) is 0 Å². The second kappa shape index (κ2) is 9.19. The van der Waals surface area contributed by atoms with E-state index in [-0.39, 0.29) is 12.4 Å². The molecule has 1 aromatic heterocycles. The third kappa shape index (κ3) is 4.81. The van der Waals surface area contributed by atoms with Gasteiger partial charge in [0.05, 0.1) is 51.1 Å². The van der Waals surface area contributed by atoms with Gasteiger partial charge in [-0.3, -0.25) is 9.48 Å². The lowest BCUT2D eigenvalue weighted by atomic mass is 10.1. The number of halogens is 4. The van der Waals surface area contributed by atoms with Crippen LogP contribution in [-0.4, -0.2) is 22.4 Å². The van der Waals surface area contributed by atoms with Crippen LogP contribution in [0, 0.1) is 0 Å². The molecule has 3 rings (SSSR count). The SMILES string of the molecule is CCOC(=O)CCn1nc(-c2ccc(Cl)c(Cl)c2)cc1-c1ccc(Cl)c(Cl)c1. The van der Waals surface area contributed by atoms with Crippen LogP contribution in [0.2, 0.25) is 20.1 Å². The van der Waals surface area contributed by atoms with E-state index >= 15 is 0 Å². The van der Waals surface area contributed by atoms with E-state index in [2.05, 4.69) is 5.10 Å². The van der Waals surface area contributed by atoms with Crippen molar-refractivity contribution in [1.29, 1.82) is 0 Å². The molecule has 0 bridgehead atoms. The van der Waals surface area contributed by atoms with Crippen LogP contribution in [0.3, 0.4) is 0 Å². The highest BCUT2D eigenvalue weighted by molar-refractivity contribution is 6.42. The molecule has 0 unspecified atom stereocenters. The highest BCUT2D eigenvalue weighted by atomic mass is 35.5. The van der Waals surface area contributed by atoms with Crippen molar-refractivity contribution in [3.05, 3.63) is 62.6 Å². The van der Waals surface area contributed by atoms with Crippen molar-refractivity contribution in [2.45, 2.75) is 19.9 Å². The summed E-state index contributed by atoms with van der Waals surface area (Å²) >= 11 is 24.4. The number of hydrogen-bond acceptors (Lipinski definition) is 3. The first kappa shape index (κ1) is 21.0. The molecule has 0 N–H and O–H groups in total. The number of aromatic nitrogens is 2. The fourth-order valence-corrected chi connectivity index (χ4v) is 3.30. The number of nitrogens with zero attached hydrogens (tertiary/aromatic N) is 2. The molecule has 0 saturated heterocycles. The maximum absolute atomic E-state index is 11.8. The van der Waals surface area contributed by atoms with E-state index in [4.69, 9.17) is 51.1 Å². The summed E-state index contributed by atoms with van der Waals surface area (Å²) in [5.41, 5.74) is 3.13. The number of hydrogen-bond donors (Lipinski definition) is 0. The van der Waals surface area contributed by atoms with E-state index in [1.165, 1.54) is 0 Å². The minimum absolute atomic E-state index is 0.199. The van der Waals surface area contributed by atoms with E-state index in [0.29, 0.717) is 38.9 Å². The zero-order chi connectivity index (χ0) is 20.3. The first-order valence-corrected chi connectivity index (χ1v) is 10.0.